The smallest absolute Gasteiger partial charge is 0.233 e. The maximum Gasteiger partial charge on any atom is 0.233 e. The minimum absolute atomic E-state index is 0.00742. The van der Waals surface area contributed by atoms with Gasteiger partial charge in [-0.15, -0.1) is 10.2 Å². The third-order valence-electron chi connectivity index (χ3n) is 3.55. The number of benzene rings is 1. The Balaban J connectivity index is 2.26. The molecule has 1 heterocycles. The third-order valence-corrected chi connectivity index (χ3v) is 4.88. The van der Waals surface area contributed by atoms with E-state index in [-0.39, 0.29) is 11.2 Å². The molecule has 0 spiro atoms. The summed E-state index contributed by atoms with van der Waals surface area (Å²) in [4.78, 5) is 12.0. The molecule has 1 aromatic heterocycles. The number of hydrogen-bond acceptors (Lipinski definition) is 5. The van der Waals surface area contributed by atoms with Crippen molar-refractivity contribution in [2.24, 2.45) is 0 Å². The van der Waals surface area contributed by atoms with Gasteiger partial charge in [-0.2, -0.15) is 0 Å². The summed E-state index contributed by atoms with van der Waals surface area (Å²) >= 11 is 7.38. The lowest BCUT2D eigenvalue weighted by Gasteiger charge is -2.13. The second kappa shape index (κ2) is 9.79. The first-order chi connectivity index (χ1) is 12.1. The van der Waals surface area contributed by atoms with E-state index in [1.54, 1.807) is 7.11 Å². The summed E-state index contributed by atoms with van der Waals surface area (Å²) in [5.74, 6) is 0.755. The van der Waals surface area contributed by atoms with E-state index in [9.17, 15) is 4.79 Å². The predicted octanol–water partition coefficient (Wildman–Crippen LogP) is 3.25. The first kappa shape index (κ1) is 19.8. The van der Waals surface area contributed by atoms with Gasteiger partial charge in [0.15, 0.2) is 11.0 Å². The van der Waals surface area contributed by atoms with Crippen LogP contribution in [0.25, 0.3) is 11.4 Å². The predicted molar refractivity (Wildman–Crippen MR) is 101 cm³/mol. The zero-order valence-corrected chi connectivity index (χ0v) is 16.2. The maximum atomic E-state index is 12.0. The molecular formula is C17H23ClN4O2S. The quantitative estimate of drug-likeness (QED) is 0.532. The summed E-state index contributed by atoms with van der Waals surface area (Å²) in [5, 5.41) is 12.6. The number of nitrogens with zero attached hydrogens (tertiary/aromatic N) is 3. The lowest BCUT2D eigenvalue weighted by atomic mass is 10.2. The molecule has 0 radical (unpaired) electrons. The number of ether oxygens (including phenoxy) is 1. The average molecular weight is 383 g/mol. The fourth-order valence-corrected chi connectivity index (χ4v) is 3.31. The topological polar surface area (TPSA) is 69.0 Å². The number of amides is 1. The molecule has 1 aromatic carbocycles. The number of aromatic nitrogens is 3. The zero-order valence-electron chi connectivity index (χ0n) is 14.7. The second-order valence-corrected chi connectivity index (χ2v) is 7.21. The van der Waals surface area contributed by atoms with Gasteiger partial charge in [-0.05, 0) is 44.5 Å². The highest BCUT2D eigenvalue weighted by molar-refractivity contribution is 8.00. The minimum Gasteiger partial charge on any atom is -0.385 e. The molecule has 2 rings (SSSR count). The molecule has 1 atom stereocenters. The van der Waals surface area contributed by atoms with Gasteiger partial charge in [0.05, 0.1) is 5.25 Å². The zero-order chi connectivity index (χ0) is 18.2. The molecule has 0 aliphatic rings. The molecule has 2 aromatic rings. The Hall–Kier alpha value is -1.57. The Morgan fingerprint density at radius 1 is 1.36 bits per heavy atom. The minimum atomic E-state index is -0.247. The molecular weight excluding hydrogens is 360 g/mol. The van der Waals surface area contributed by atoms with Crippen LogP contribution in [0.5, 0.6) is 0 Å². The molecule has 8 heteroatoms. The van der Waals surface area contributed by atoms with Gasteiger partial charge in [0.1, 0.15) is 0 Å². The average Bonchev–Trinajstić information content (AvgIpc) is 2.99. The van der Waals surface area contributed by atoms with Crippen molar-refractivity contribution < 1.29 is 9.53 Å². The number of rotatable bonds is 9. The van der Waals surface area contributed by atoms with E-state index in [1.165, 1.54) is 11.8 Å². The van der Waals surface area contributed by atoms with Gasteiger partial charge in [0.25, 0.3) is 0 Å². The van der Waals surface area contributed by atoms with E-state index in [0.29, 0.717) is 24.7 Å². The van der Waals surface area contributed by atoms with Gasteiger partial charge < -0.3 is 14.6 Å². The molecule has 0 bridgehead atoms. The lowest BCUT2D eigenvalue weighted by molar-refractivity contribution is -0.120. The van der Waals surface area contributed by atoms with Crippen LogP contribution >= 0.6 is 23.4 Å². The fraction of sp³-hybridized carbons (Fsp3) is 0.471. The lowest BCUT2D eigenvalue weighted by Crippen LogP contribution is -2.30. The summed E-state index contributed by atoms with van der Waals surface area (Å²) < 4.78 is 7.18. The second-order valence-electron chi connectivity index (χ2n) is 5.47. The van der Waals surface area contributed by atoms with Crippen molar-refractivity contribution in [3.8, 4) is 11.4 Å². The third kappa shape index (κ3) is 5.45. The summed E-state index contributed by atoms with van der Waals surface area (Å²) in [6.45, 7) is 5.74. The Morgan fingerprint density at radius 2 is 2.08 bits per heavy atom. The molecule has 136 valence electrons. The summed E-state index contributed by atoms with van der Waals surface area (Å²) in [7, 11) is 1.68. The van der Waals surface area contributed by atoms with Crippen LogP contribution in [0, 0.1) is 0 Å². The maximum absolute atomic E-state index is 12.0. The Morgan fingerprint density at radius 3 is 2.72 bits per heavy atom. The van der Waals surface area contributed by atoms with Gasteiger partial charge in [0, 0.05) is 37.4 Å². The van der Waals surface area contributed by atoms with Crippen LogP contribution in [-0.4, -0.2) is 46.2 Å². The summed E-state index contributed by atoms with van der Waals surface area (Å²) in [6, 6.07) is 7.49. The van der Waals surface area contributed by atoms with Gasteiger partial charge in [0.2, 0.25) is 5.91 Å². The van der Waals surface area contributed by atoms with Crippen molar-refractivity contribution >= 4 is 29.3 Å². The number of methoxy groups -OCH3 is 1. The fourth-order valence-electron chi connectivity index (χ4n) is 2.29. The van der Waals surface area contributed by atoms with Gasteiger partial charge >= 0.3 is 0 Å². The first-order valence-corrected chi connectivity index (χ1v) is 9.45. The van der Waals surface area contributed by atoms with Crippen molar-refractivity contribution in [1.29, 1.82) is 0 Å². The van der Waals surface area contributed by atoms with Crippen LogP contribution in [0.2, 0.25) is 5.02 Å². The van der Waals surface area contributed by atoms with Crippen LogP contribution in [0.1, 0.15) is 20.3 Å². The monoisotopic (exact) mass is 382 g/mol. The van der Waals surface area contributed by atoms with Crippen LogP contribution in [0.3, 0.4) is 0 Å². The highest BCUT2D eigenvalue weighted by Crippen LogP contribution is 2.28. The van der Waals surface area contributed by atoms with E-state index < -0.39 is 0 Å². The van der Waals surface area contributed by atoms with Crippen LogP contribution in [0.4, 0.5) is 0 Å². The van der Waals surface area contributed by atoms with Gasteiger partial charge in [-0.25, -0.2) is 0 Å². The van der Waals surface area contributed by atoms with Crippen LogP contribution in [-0.2, 0) is 16.1 Å². The van der Waals surface area contributed by atoms with E-state index in [4.69, 9.17) is 16.3 Å². The standard InChI is InChI=1S/C17H23ClN4O2S/c1-4-19-16(23)12(2)25-17-21-20-15(22(17)10-5-11-24-3)13-6-8-14(18)9-7-13/h6-9,12H,4-5,10-11H2,1-3H3,(H,19,23)/t12-/m1/s1. The van der Waals surface area contributed by atoms with Crippen LogP contribution in [0.15, 0.2) is 29.4 Å². The molecule has 1 N–H and O–H groups in total. The number of thioether (sulfide) groups is 1. The Kier molecular flexibility index (Phi) is 7.74. The molecule has 0 saturated carbocycles. The molecule has 6 nitrogen and oxygen atoms in total. The molecule has 0 saturated heterocycles. The normalized spacial score (nSPS) is 12.2. The number of hydrogen-bond donors (Lipinski definition) is 1. The molecule has 0 fully saturated rings. The molecule has 0 unspecified atom stereocenters. The van der Waals surface area contributed by atoms with E-state index in [1.807, 2.05) is 42.7 Å². The van der Waals surface area contributed by atoms with E-state index >= 15 is 0 Å². The van der Waals surface area contributed by atoms with Gasteiger partial charge in [-0.1, -0.05) is 23.4 Å². The summed E-state index contributed by atoms with van der Waals surface area (Å²) in [5.41, 5.74) is 0.937. The van der Waals surface area contributed by atoms with E-state index in [0.717, 1.165) is 23.0 Å². The largest absolute Gasteiger partial charge is 0.385 e. The Bertz CT molecular complexity index is 690. The van der Waals surface area contributed by atoms with Crippen molar-refractivity contribution in [3.63, 3.8) is 0 Å². The SMILES string of the molecule is CCNC(=O)[C@@H](C)Sc1nnc(-c2ccc(Cl)cc2)n1CCCOC. The molecule has 25 heavy (non-hydrogen) atoms. The first-order valence-electron chi connectivity index (χ1n) is 8.19. The van der Waals surface area contributed by atoms with Crippen molar-refractivity contribution in [2.45, 2.75) is 37.2 Å². The van der Waals surface area contributed by atoms with Crippen LogP contribution < -0.4 is 5.32 Å². The highest BCUT2D eigenvalue weighted by atomic mass is 35.5. The Labute approximate surface area is 157 Å². The number of halogens is 1. The van der Waals surface area contributed by atoms with Crippen molar-refractivity contribution in [3.05, 3.63) is 29.3 Å². The molecule has 1 amide bonds. The molecule has 0 aliphatic carbocycles. The van der Waals surface area contributed by atoms with Crippen molar-refractivity contribution in [2.75, 3.05) is 20.3 Å². The molecule has 0 aliphatic heterocycles. The number of nitrogens with one attached hydrogen (secondary N) is 1. The van der Waals surface area contributed by atoms with Crippen molar-refractivity contribution in [1.82, 2.24) is 20.1 Å². The highest BCUT2D eigenvalue weighted by Gasteiger charge is 2.20. The van der Waals surface area contributed by atoms with E-state index in [2.05, 4.69) is 15.5 Å². The summed E-state index contributed by atoms with van der Waals surface area (Å²) in [6.07, 6.45) is 0.832. The number of carbonyl (C=O) groups excluding carboxylic acids is 1. The van der Waals surface area contributed by atoms with Gasteiger partial charge in [-0.3, -0.25) is 4.79 Å². The number of carbonyl (C=O) groups is 1.